The Kier molecular flexibility index (Phi) is 4.99. The van der Waals surface area contributed by atoms with E-state index in [0.29, 0.717) is 0 Å². The van der Waals surface area contributed by atoms with E-state index in [1.807, 2.05) is 18.2 Å². The number of benzene rings is 6. The number of aromatic nitrogens is 2. The lowest BCUT2D eigenvalue weighted by Crippen LogP contribution is -2.28. The lowest BCUT2D eigenvalue weighted by atomic mass is 10.0. The summed E-state index contributed by atoms with van der Waals surface area (Å²) in [4.78, 5) is 4.68. The van der Waals surface area contributed by atoms with E-state index < -0.39 is 0 Å². The highest BCUT2D eigenvalue weighted by molar-refractivity contribution is 6.12. The van der Waals surface area contributed by atoms with Crippen LogP contribution in [0.2, 0.25) is 0 Å². The molecule has 6 aromatic carbocycles. The van der Waals surface area contributed by atoms with Crippen LogP contribution < -0.4 is 5.32 Å². The van der Waals surface area contributed by atoms with E-state index in [-0.39, 0.29) is 6.17 Å². The van der Waals surface area contributed by atoms with Crippen molar-refractivity contribution in [1.29, 1.82) is 0 Å². The minimum Gasteiger partial charge on any atom is -0.454 e. The fourth-order valence-corrected chi connectivity index (χ4v) is 7.28. The summed E-state index contributed by atoms with van der Waals surface area (Å²) in [6, 6.07) is 49.7. The van der Waals surface area contributed by atoms with E-state index in [9.17, 15) is 0 Å². The number of nitrogens with zero attached hydrogens (tertiary/aromatic N) is 3. The molecule has 1 N–H and O–H groups in total. The third-order valence-electron chi connectivity index (χ3n) is 9.26. The summed E-state index contributed by atoms with van der Waals surface area (Å²) in [5, 5.41) is 9.44. The summed E-state index contributed by atoms with van der Waals surface area (Å²) in [5.74, 6) is 0.825. The van der Waals surface area contributed by atoms with Gasteiger partial charge in [0.15, 0.2) is 11.9 Å². The van der Waals surface area contributed by atoms with Crippen LogP contribution in [0.1, 0.15) is 11.9 Å². The lowest BCUT2D eigenvalue weighted by molar-refractivity contribution is 0.444. The van der Waals surface area contributed by atoms with Crippen molar-refractivity contribution in [1.82, 2.24) is 14.5 Å². The first-order valence-electron chi connectivity index (χ1n) is 15.3. The fraction of sp³-hybridized carbons (Fsp3) is 0.0250. The molecule has 212 valence electrons. The van der Waals surface area contributed by atoms with Crippen LogP contribution in [0.4, 0.5) is 5.69 Å². The Morgan fingerprint density at radius 3 is 1.91 bits per heavy atom. The molecule has 1 atom stereocenters. The van der Waals surface area contributed by atoms with Crippen LogP contribution in [0.3, 0.4) is 0 Å². The highest BCUT2D eigenvalue weighted by Gasteiger charge is 2.29. The van der Waals surface area contributed by atoms with Gasteiger partial charge in [0.25, 0.3) is 0 Å². The van der Waals surface area contributed by atoms with Gasteiger partial charge in [-0.2, -0.15) is 0 Å². The number of hydrogen-bond acceptors (Lipinski definition) is 3. The number of nitrogens with one attached hydrogen (secondary N) is 1. The van der Waals surface area contributed by atoms with E-state index in [4.69, 9.17) is 4.42 Å². The van der Waals surface area contributed by atoms with Crippen LogP contribution in [0.5, 0.6) is 0 Å². The van der Waals surface area contributed by atoms with Gasteiger partial charge in [-0.05, 0) is 71.8 Å². The van der Waals surface area contributed by atoms with Crippen molar-refractivity contribution in [3.63, 3.8) is 0 Å². The van der Waals surface area contributed by atoms with Crippen LogP contribution in [-0.4, -0.2) is 15.5 Å². The number of para-hydroxylation sites is 4. The first-order chi connectivity index (χ1) is 22.3. The van der Waals surface area contributed by atoms with Crippen LogP contribution in [0.25, 0.3) is 71.4 Å². The first kappa shape index (κ1) is 24.4. The number of aliphatic imine (C=N–C) groups is 1. The van der Waals surface area contributed by atoms with Gasteiger partial charge >= 0.3 is 0 Å². The average Bonchev–Trinajstić information content (AvgIpc) is 3.76. The standard InChI is InChI=1S/C40H26N4O/c1-2-10-27(11-3-1)43-33-15-7-4-12-28(33)31-22-25(18-20-35(31)43)26-19-21-36-32(23-26)29-13-5-8-16-34(29)44(36)40-39-38(41-24-42-40)30-14-6-9-17-37(30)45-39/h1-24,40H,(H,41,42). The summed E-state index contributed by atoms with van der Waals surface area (Å²) >= 11 is 0. The highest BCUT2D eigenvalue weighted by Crippen LogP contribution is 2.43. The quantitative estimate of drug-likeness (QED) is 0.227. The molecule has 0 saturated heterocycles. The van der Waals surface area contributed by atoms with Crippen LogP contribution in [0.15, 0.2) is 149 Å². The van der Waals surface area contributed by atoms with E-state index >= 15 is 0 Å². The molecule has 0 radical (unpaired) electrons. The monoisotopic (exact) mass is 578 g/mol. The van der Waals surface area contributed by atoms with Gasteiger partial charge in [-0.3, -0.25) is 0 Å². The zero-order valence-electron chi connectivity index (χ0n) is 24.2. The van der Waals surface area contributed by atoms with E-state index in [0.717, 1.165) is 33.5 Å². The number of furan rings is 1. The molecule has 0 fully saturated rings. The minimum absolute atomic E-state index is 0.224. The molecular formula is C40H26N4O. The zero-order chi connectivity index (χ0) is 29.5. The van der Waals surface area contributed by atoms with Crippen molar-refractivity contribution in [2.75, 3.05) is 0 Å². The Labute approximate surface area is 258 Å². The van der Waals surface area contributed by atoms with E-state index in [2.05, 4.69) is 141 Å². The van der Waals surface area contributed by atoms with Crippen molar-refractivity contribution in [2.45, 2.75) is 6.17 Å². The molecule has 10 rings (SSSR count). The summed E-state index contributed by atoms with van der Waals surface area (Å²) in [6.07, 6.45) is 1.57. The van der Waals surface area contributed by atoms with E-state index in [1.54, 1.807) is 6.34 Å². The van der Waals surface area contributed by atoms with Crippen LogP contribution in [-0.2, 0) is 0 Å². The van der Waals surface area contributed by atoms with E-state index in [1.165, 1.54) is 49.4 Å². The smallest absolute Gasteiger partial charge is 0.174 e. The topological polar surface area (TPSA) is 47.4 Å². The second-order valence-electron chi connectivity index (χ2n) is 11.7. The third-order valence-corrected chi connectivity index (χ3v) is 9.26. The van der Waals surface area contributed by atoms with Crippen molar-refractivity contribution in [3.05, 3.63) is 145 Å². The molecule has 0 spiro atoms. The molecule has 1 aliphatic rings. The minimum atomic E-state index is -0.224. The molecule has 9 aromatic rings. The maximum absolute atomic E-state index is 6.43. The zero-order valence-corrected chi connectivity index (χ0v) is 24.2. The van der Waals surface area contributed by atoms with Gasteiger partial charge in [0.1, 0.15) is 11.3 Å². The van der Waals surface area contributed by atoms with Crippen LogP contribution >= 0.6 is 0 Å². The Bertz CT molecular complexity index is 2640. The lowest BCUT2D eigenvalue weighted by Gasteiger charge is -2.22. The van der Waals surface area contributed by atoms with Gasteiger partial charge in [-0.25, -0.2) is 4.99 Å². The molecule has 0 saturated carbocycles. The molecular weight excluding hydrogens is 552 g/mol. The molecule has 1 unspecified atom stereocenters. The molecule has 4 heterocycles. The average molecular weight is 579 g/mol. The molecule has 1 aliphatic heterocycles. The highest BCUT2D eigenvalue weighted by atomic mass is 16.3. The second-order valence-corrected chi connectivity index (χ2v) is 11.7. The second kappa shape index (κ2) is 9.21. The van der Waals surface area contributed by atoms with Gasteiger partial charge in [0.05, 0.1) is 28.4 Å². The van der Waals surface area contributed by atoms with Crippen molar-refractivity contribution in [2.24, 2.45) is 4.99 Å². The fourth-order valence-electron chi connectivity index (χ4n) is 7.28. The molecule has 0 amide bonds. The van der Waals surface area contributed by atoms with Gasteiger partial charge in [-0.1, -0.05) is 78.9 Å². The Morgan fingerprint density at radius 1 is 0.533 bits per heavy atom. The molecule has 45 heavy (non-hydrogen) atoms. The third kappa shape index (κ3) is 3.46. The Balaban J connectivity index is 1.17. The molecule has 5 nitrogen and oxygen atoms in total. The molecule has 0 bridgehead atoms. The van der Waals surface area contributed by atoms with Crippen LogP contribution in [0, 0.1) is 0 Å². The normalized spacial score (nSPS) is 14.5. The number of hydrogen-bond donors (Lipinski definition) is 1. The van der Waals surface area contributed by atoms with Gasteiger partial charge in [-0.15, -0.1) is 0 Å². The Morgan fingerprint density at radius 2 is 1.11 bits per heavy atom. The number of rotatable bonds is 3. The summed E-state index contributed by atoms with van der Waals surface area (Å²) in [7, 11) is 0. The van der Waals surface area contributed by atoms with Crippen molar-refractivity contribution >= 4 is 66.6 Å². The van der Waals surface area contributed by atoms with Gasteiger partial charge < -0.3 is 18.9 Å². The van der Waals surface area contributed by atoms with Gasteiger partial charge in [0.2, 0.25) is 0 Å². The maximum Gasteiger partial charge on any atom is 0.174 e. The predicted molar refractivity (Wildman–Crippen MR) is 185 cm³/mol. The molecule has 5 heteroatoms. The molecule has 0 aliphatic carbocycles. The predicted octanol–water partition coefficient (Wildman–Crippen LogP) is 10.1. The van der Waals surface area contributed by atoms with Crippen molar-refractivity contribution in [3.8, 4) is 16.8 Å². The largest absolute Gasteiger partial charge is 0.454 e. The van der Waals surface area contributed by atoms with Gasteiger partial charge in [0, 0.05) is 32.6 Å². The summed E-state index contributed by atoms with van der Waals surface area (Å²) in [5.41, 5.74) is 9.98. The summed E-state index contributed by atoms with van der Waals surface area (Å²) in [6.45, 7) is 0. The maximum atomic E-state index is 6.43. The first-order valence-corrected chi connectivity index (χ1v) is 15.3. The summed E-state index contributed by atoms with van der Waals surface area (Å²) < 4.78 is 11.1. The molecule has 3 aromatic heterocycles. The van der Waals surface area contributed by atoms with Crippen molar-refractivity contribution < 1.29 is 4.42 Å². The number of fused-ring (bicyclic) bond motifs is 9. The SMILES string of the molecule is C1=Nc2c(oc3ccccc23)C(n2c3ccccc3c3cc(-c4ccc5c(c4)c4ccccc4n5-c4ccccc4)ccc32)N1. The Hall–Kier alpha value is -6.07.